The van der Waals surface area contributed by atoms with Crippen molar-refractivity contribution in [3.63, 3.8) is 0 Å². The zero-order chi connectivity index (χ0) is 24.4. The quantitative estimate of drug-likeness (QED) is 0.287. The summed E-state index contributed by atoms with van der Waals surface area (Å²) >= 11 is 0. The van der Waals surface area contributed by atoms with Crippen molar-refractivity contribution in [3.05, 3.63) is 114 Å². The van der Waals surface area contributed by atoms with Crippen molar-refractivity contribution in [3.8, 4) is 22.8 Å². The van der Waals surface area contributed by atoms with Gasteiger partial charge in [0.25, 0.3) is 0 Å². The lowest BCUT2D eigenvalue weighted by atomic mass is 10.0. The predicted molar refractivity (Wildman–Crippen MR) is 128 cm³/mol. The van der Waals surface area contributed by atoms with E-state index in [4.69, 9.17) is 4.74 Å². The second-order valence-corrected chi connectivity index (χ2v) is 8.12. The third-order valence-corrected chi connectivity index (χ3v) is 5.70. The minimum absolute atomic E-state index is 0.0768. The molecule has 0 unspecified atom stereocenters. The topological polar surface area (TPSA) is 47.3 Å². The molecule has 0 atom stereocenters. The Labute approximate surface area is 199 Å². The van der Waals surface area contributed by atoms with Gasteiger partial charge in [0.1, 0.15) is 17.0 Å². The van der Waals surface area contributed by atoms with E-state index in [1.807, 2.05) is 42.5 Å². The Morgan fingerprint density at radius 3 is 2.20 bits per heavy atom. The Kier molecular flexibility index (Phi) is 6.01. The summed E-state index contributed by atoms with van der Waals surface area (Å²) in [6, 6.07) is 27.9. The second kappa shape index (κ2) is 9.27. The summed E-state index contributed by atoms with van der Waals surface area (Å²) in [6.45, 7) is 0.239. The fourth-order valence-corrected chi connectivity index (χ4v) is 4.08. The molecular weight excluding hydrogens is 453 g/mol. The highest BCUT2D eigenvalue weighted by atomic mass is 19.4. The predicted octanol–water partition coefficient (Wildman–Crippen LogP) is 7.06. The van der Waals surface area contributed by atoms with Crippen molar-refractivity contribution in [2.75, 3.05) is 0 Å². The number of ether oxygens (including phenoxy) is 1. The fraction of sp³-hybridized carbons (Fsp3) is 0.107. The van der Waals surface area contributed by atoms with Crippen molar-refractivity contribution in [1.29, 1.82) is 0 Å². The number of halogens is 3. The van der Waals surface area contributed by atoms with Crippen LogP contribution in [0.25, 0.3) is 22.2 Å². The maximum Gasteiger partial charge on any atom is 0.418 e. The van der Waals surface area contributed by atoms with E-state index in [2.05, 4.69) is 5.10 Å². The molecule has 1 N–H and O–H groups in total. The first-order chi connectivity index (χ1) is 16.9. The molecule has 0 aliphatic rings. The zero-order valence-corrected chi connectivity index (χ0v) is 18.5. The van der Waals surface area contributed by atoms with E-state index in [1.165, 1.54) is 6.07 Å². The molecule has 176 valence electrons. The van der Waals surface area contributed by atoms with Gasteiger partial charge in [-0.1, -0.05) is 54.6 Å². The molecule has 4 nitrogen and oxygen atoms in total. The Morgan fingerprint density at radius 2 is 1.49 bits per heavy atom. The molecule has 1 aromatic heterocycles. The highest BCUT2D eigenvalue weighted by Gasteiger charge is 2.34. The lowest BCUT2D eigenvalue weighted by Crippen LogP contribution is -2.06. The van der Waals surface area contributed by atoms with Crippen LogP contribution in [-0.4, -0.2) is 14.9 Å². The Hall–Kier alpha value is -4.10. The molecule has 5 aromatic rings. The normalized spacial score (nSPS) is 11.7. The largest absolute Gasteiger partial charge is 0.457 e. The van der Waals surface area contributed by atoms with E-state index in [9.17, 15) is 18.3 Å². The number of aromatic nitrogens is 2. The van der Waals surface area contributed by atoms with E-state index in [0.717, 1.165) is 22.8 Å². The van der Waals surface area contributed by atoms with Gasteiger partial charge in [-0.15, -0.1) is 0 Å². The SMILES string of the molecule is OCc1cccc(Oc2ccc(-c3c4cccc(C(F)(F)F)c4nn3Cc3ccccc3)cc2)c1. The number of alkyl halides is 3. The lowest BCUT2D eigenvalue weighted by molar-refractivity contribution is -0.136. The van der Waals surface area contributed by atoms with Crippen LogP contribution in [0.2, 0.25) is 0 Å². The van der Waals surface area contributed by atoms with E-state index in [-0.39, 0.29) is 12.1 Å². The van der Waals surface area contributed by atoms with Crippen LogP contribution in [0.3, 0.4) is 0 Å². The highest BCUT2D eigenvalue weighted by Crippen LogP contribution is 2.38. The first-order valence-electron chi connectivity index (χ1n) is 11.0. The minimum Gasteiger partial charge on any atom is -0.457 e. The molecule has 0 fully saturated rings. The van der Waals surface area contributed by atoms with Gasteiger partial charge in [-0.2, -0.15) is 18.3 Å². The molecule has 1 heterocycles. The number of hydrogen-bond acceptors (Lipinski definition) is 3. The first kappa shape index (κ1) is 22.7. The lowest BCUT2D eigenvalue weighted by Gasteiger charge is -2.11. The summed E-state index contributed by atoms with van der Waals surface area (Å²) in [6.07, 6.45) is -4.51. The summed E-state index contributed by atoms with van der Waals surface area (Å²) in [5.41, 5.74) is 2.15. The average molecular weight is 474 g/mol. The zero-order valence-electron chi connectivity index (χ0n) is 18.5. The van der Waals surface area contributed by atoms with Crippen LogP contribution in [0.4, 0.5) is 13.2 Å². The molecule has 0 radical (unpaired) electrons. The molecule has 0 spiro atoms. The molecule has 0 saturated heterocycles. The minimum atomic E-state index is -4.51. The highest BCUT2D eigenvalue weighted by molar-refractivity contribution is 5.95. The van der Waals surface area contributed by atoms with Gasteiger partial charge in [-0.05, 0) is 53.6 Å². The molecular formula is C28H21F3N2O2. The third-order valence-electron chi connectivity index (χ3n) is 5.70. The number of aliphatic hydroxyl groups excluding tert-OH is 1. The number of nitrogens with zero attached hydrogens (tertiary/aromatic N) is 2. The van der Waals surface area contributed by atoms with Crippen molar-refractivity contribution in [2.24, 2.45) is 0 Å². The smallest absolute Gasteiger partial charge is 0.418 e. The monoisotopic (exact) mass is 474 g/mol. The molecule has 0 saturated carbocycles. The molecule has 4 aromatic carbocycles. The number of benzene rings is 4. The summed E-state index contributed by atoms with van der Waals surface area (Å²) in [7, 11) is 0. The summed E-state index contributed by atoms with van der Waals surface area (Å²) < 4.78 is 48.7. The van der Waals surface area contributed by atoms with Gasteiger partial charge in [-0.25, -0.2) is 0 Å². The average Bonchev–Trinajstić information content (AvgIpc) is 3.22. The molecule has 0 amide bonds. The summed E-state index contributed by atoms with van der Waals surface area (Å²) in [4.78, 5) is 0. The molecule has 5 rings (SSSR count). The van der Waals surface area contributed by atoms with Crippen LogP contribution >= 0.6 is 0 Å². The van der Waals surface area contributed by atoms with Crippen LogP contribution in [0, 0.1) is 0 Å². The van der Waals surface area contributed by atoms with Crippen LogP contribution in [0.15, 0.2) is 97.1 Å². The van der Waals surface area contributed by atoms with Gasteiger partial charge in [0.05, 0.1) is 24.4 Å². The Balaban J connectivity index is 1.57. The summed E-state index contributed by atoms with van der Waals surface area (Å²) in [5, 5.41) is 14.2. The van der Waals surface area contributed by atoms with E-state index in [1.54, 1.807) is 47.1 Å². The molecule has 0 aliphatic carbocycles. The number of hydrogen-bond donors (Lipinski definition) is 1. The number of fused-ring (bicyclic) bond motifs is 1. The maximum absolute atomic E-state index is 13.7. The standard InChI is InChI=1S/C28H21F3N2O2/c29-28(30,31)25-11-5-10-24-26(25)32-33(17-19-6-2-1-3-7-19)27(24)21-12-14-22(15-13-21)35-23-9-4-8-20(16-23)18-34/h1-16,34H,17-18H2. The Bertz CT molecular complexity index is 1460. The maximum atomic E-state index is 13.7. The molecule has 0 aliphatic heterocycles. The van der Waals surface area contributed by atoms with Gasteiger partial charge in [0.15, 0.2) is 0 Å². The van der Waals surface area contributed by atoms with Crippen molar-refractivity contribution >= 4 is 10.9 Å². The first-order valence-corrected chi connectivity index (χ1v) is 11.0. The van der Waals surface area contributed by atoms with E-state index in [0.29, 0.717) is 29.1 Å². The second-order valence-electron chi connectivity index (χ2n) is 8.12. The van der Waals surface area contributed by atoms with E-state index >= 15 is 0 Å². The summed E-state index contributed by atoms with van der Waals surface area (Å²) in [5.74, 6) is 1.15. The molecule has 7 heteroatoms. The van der Waals surface area contributed by atoms with E-state index < -0.39 is 11.7 Å². The van der Waals surface area contributed by atoms with Crippen molar-refractivity contribution in [2.45, 2.75) is 19.3 Å². The van der Waals surface area contributed by atoms with Gasteiger partial charge < -0.3 is 9.84 Å². The molecule has 35 heavy (non-hydrogen) atoms. The van der Waals surface area contributed by atoms with Crippen LogP contribution in [-0.2, 0) is 19.3 Å². The number of rotatable bonds is 6. The van der Waals surface area contributed by atoms with Gasteiger partial charge in [-0.3, -0.25) is 4.68 Å². The molecule has 0 bridgehead atoms. The van der Waals surface area contributed by atoms with Crippen LogP contribution < -0.4 is 4.74 Å². The Morgan fingerprint density at radius 1 is 0.771 bits per heavy atom. The van der Waals surface area contributed by atoms with Crippen LogP contribution in [0.1, 0.15) is 16.7 Å². The van der Waals surface area contributed by atoms with Gasteiger partial charge >= 0.3 is 6.18 Å². The van der Waals surface area contributed by atoms with Gasteiger partial charge in [0, 0.05) is 10.9 Å². The van der Waals surface area contributed by atoms with Crippen molar-refractivity contribution in [1.82, 2.24) is 9.78 Å². The number of aliphatic hydroxyl groups is 1. The third kappa shape index (κ3) is 4.76. The van der Waals surface area contributed by atoms with Gasteiger partial charge in [0.2, 0.25) is 0 Å². The van der Waals surface area contributed by atoms with Crippen LogP contribution in [0.5, 0.6) is 11.5 Å². The fourth-order valence-electron chi connectivity index (χ4n) is 4.08. The van der Waals surface area contributed by atoms with Crippen molar-refractivity contribution < 1.29 is 23.0 Å².